The van der Waals surface area contributed by atoms with Gasteiger partial charge in [0.15, 0.2) is 0 Å². The molecule has 2 aromatic rings. The molecule has 0 aromatic heterocycles. The first-order valence-electron chi connectivity index (χ1n) is 12.4. The highest BCUT2D eigenvalue weighted by Gasteiger charge is 2.36. The van der Waals surface area contributed by atoms with E-state index < -0.39 is 23.6 Å². The SMILES string of the molecule is CC(C)(O)[C@@H](NC(=O)N1CCN(c2ccc(-c3ccc(N4CCNCC4)cc3)cc2)CC1)C(=O)NO. The summed E-state index contributed by atoms with van der Waals surface area (Å²) in [6, 6.07) is 15.4. The molecule has 2 fully saturated rings. The Morgan fingerprint density at radius 3 is 1.75 bits per heavy atom. The van der Waals surface area contributed by atoms with Crippen LogP contribution in [0.2, 0.25) is 0 Å². The van der Waals surface area contributed by atoms with Gasteiger partial charge in [-0.05, 0) is 49.2 Å². The van der Waals surface area contributed by atoms with Crippen molar-refractivity contribution in [3.05, 3.63) is 48.5 Å². The average molecular weight is 497 g/mol. The molecule has 3 amide bonds. The van der Waals surface area contributed by atoms with Gasteiger partial charge < -0.3 is 30.4 Å². The summed E-state index contributed by atoms with van der Waals surface area (Å²) in [6.07, 6.45) is 0. The third-order valence-corrected chi connectivity index (χ3v) is 6.83. The van der Waals surface area contributed by atoms with Crippen LogP contribution in [0, 0.1) is 0 Å². The van der Waals surface area contributed by atoms with Crippen molar-refractivity contribution in [2.75, 3.05) is 62.2 Å². The standard InChI is InChI=1S/C26H36N6O4/c1-26(2,35)23(24(33)29-36)28-25(34)32-17-15-31(16-18-32)22-9-5-20(6-10-22)19-3-7-21(8-4-19)30-13-11-27-12-14-30/h3-10,23,27,35-36H,11-18H2,1-2H3,(H,28,34)(H,29,33)/t23-/m0/s1. The van der Waals surface area contributed by atoms with Crippen LogP contribution in [-0.2, 0) is 4.79 Å². The van der Waals surface area contributed by atoms with Crippen LogP contribution in [-0.4, -0.2) is 91.2 Å². The molecule has 0 spiro atoms. The van der Waals surface area contributed by atoms with E-state index in [0.29, 0.717) is 26.2 Å². The van der Waals surface area contributed by atoms with Gasteiger partial charge in [-0.3, -0.25) is 10.0 Å². The highest BCUT2D eigenvalue weighted by molar-refractivity contribution is 5.87. The van der Waals surface area contributed by atoms with E-state index in [9.17, 15) is 14.7 Å². The van der Waals surface area contributed by atoms with E-state index in [2.05, 4.69) is 69.0 Å². The fourth-order valence-electron chi connectivity index (χ4n) is 4.66. The van der Waals surface area contributed by atoms with Crippen molar-refractivity contribution in [3.8, 4) is 11.1 Å². The number of carbonyl (C=O) groups excluding carboxylic acids is 2. The number of hydrogen-bond donors (Lipinski definition) is 5. The fraction of sp³-hybridized carbons (Fsp3) is 0.462. The maximum absolute atomic E-state index is 12.7. The Morgan fingerprint density at radius 1 is 0.833 bits per heavy atom. The van der Waals surface area contributed by atoms with Crippen molar-refractivity contribution in [1.29, 1.82) is 0 Å². The summed E-state index contributed by atoms with van der Waals surface area (Å²) < 4.78 is 0. The second-order valence-electron chi connectivity index (χ2n) is 9.82. The molecule has 1 atom stereocenters. The third kappa shape index (κ3) is 6.07. The Morgan fingerprint density at radius 2 is 1.31 bits per heavy atom. The summed E-state index contributed by atoms with van der Waals surface area (Å²) >= 11 is 0. The van der Waals surface area contributed by atoms with Gasteiger partial charge in [0.2, 0.25) is 0 Å². The van der Waals surface area contributed by atoms with E-state index in [1.54, 1.807) is 4.90 Å². The van der Waals surface area contributed by atoms with Gasteiger partial charge in [0, 0.05) is 63.7 Å². The Bertz CT molecular complexity index is 1020. The van der Waals surface area contributed by atoms with Gasteiger partial charge in [0.25, 0.3) is 5.91 Å². The van der Waals surface area contributed by atoms with Gasteiger partial charge >= 0.3 is 6.03 Å². The number of aliphatic hydroxyl groups is 1. The molecule has 36 heavy (non-hydrogen) atoms. The number of hydrogen-bond acceptors (Lipinski definition) is 7. The van der Waals surface area contributed by atoms with Gasteiger partial charge in [-0.2, -0.15) is 0 Å². The van der Waals surface area contributed by atoms with Crippen LogP contribution in [0.5, 0.6) is 0 Å². The molecule has 10 heteroatoms. The molecule has 10 nitrogen and oxygen atoms in total. The number of piperazine rings is 2. The maximum Gasteiger partial charge on any atom is 0.318 e. The monoisotopic (exact) mass is 496 g/mol. The third-order valence-electron chi connectivity index (χ3n) is 6.83. The lowest BCUT2D eigenvalue weighted by Gasteiger charge is -2.37. The van der Waals surface area contributed by atoms with Crippen LogP contribution in [0.15, 0.2) is 48.5 Å². The topological polar surface area (TPSA) is 120 Å². The first-order valence-corrected chi connectivity index (χ1v) is 12.4. The van der Waals surface area contributed by atoms with Crippen LogP contribution in [0.3, 0.4) is 0 Å². The van der Waals surface area contributed by atoms with Crippen molar-refractivity contribution >= 4 is 23.3 Å². The van der Waals surface area contributed by atoms with E-state index >= 15 is 0 Å². The zero-order chi connectivity index (χ0) is 25.7. The molecule has 0 bridgehead atoms. The average Bonchev–Trinajstić information content (AvgIpc) is 2.91. The van der Waals surface area contributed by atoms with Gasteiger partial charge in [0.1, 0.15) is 6.04 Å². The molecule has 5 N–H and O–H groups in total. The zero-order valence-electron chi connectivity index (χ0n) is 20.9. The summed E-state index contributed by atoms with van der Waals surface area (Å²) in [7, 11) is 0. The molecule has 2 aliphatic rings. The predicted octanol–water partition coefficient (Wildman–Crippen LogP) is 1.24. The number of urea groups is 1. The molecule has 0 aliphatic carbocycles. The number of rotatable bonds is 6. The minimum absolute atomic E-state index is 0.454. The van der Waals surface area contributed by atoms with Crippen LogP contribution in [0.25, 0.3) is 11.1 Å². The summed E-state index contributed by atoms with van der Waals surface area (Å²) in [5.74, 6) is -0.868. The molecular formula is C26H36N6O4. The second kappa shape index (κ2) is 11.2. The smallest absolute Gasteiger partial charge is 0.318 e. The van der Waals surface area contributed by atoms with Crippen LogP contribution in [0.4, 0.5) is 16.2 Å². The van der Waals surface area contributed by atoms with Crippen LogP contribution in [0.1, 0.15) is 13.8 Å². The van der Waals surface area contributed by atoms with Gasteiger partial charge in [-0.1, -0.05) is 24.3 Å². The van der Waals surface area contributed by atoms with Crippen molar-refractivity contribution in [1.82, 2.24) is 21.0 Å². The molecular weight excluding hydrogens is 460 g/mol. The van der Waals surface area contributed by atoms with Crippen molar-refractivity contribution in [3.63, 3.8) is 0 Å². The van der Waals surface area contributed by atoms with Crippen molar-refractivity contribution < 1.29 is 19.9 Å². The number of nitrogens with zero attached hydrogens (tertiary/aromatic N) is 3. The highest BCUT2D eigenvalue weighted by atomic mass is 16.5. The molecule has 0 radical (unpaired) electrons. The Hall–Kier alpha value is -3.34. The first-order chi connectivity index (χ1) is 17.3. The van der Waals surface area contributed by atoms with E-state index in [1.165, 1.54) is 30.6 Å². The molecule has 0 unspecified atom stereocenters. The summed E-state index contributed by atoms with van der Waals surface area (Å²) in [4.78, 5) is 30.7. The first kappa shape index (κ1) is 25.7. The molecule has 4 rings (SSSR count). The van der Waals surface area contributed by atoms with Crippen molar-refractivity contribution in [2.45, 2.75) is 25.5 Å². The summed E-state index contributed by atoms with van der Waals surface area (Å²) in [5.41, 5.74) is 4.64. The van der Waals surface area contributed by atoms with E-state index in [0.717, 1.165) is 37.4 Å². The quantitative estimate of drug-likeness (QED) is 0.301. The summed E-state index contributed by atoms with van der Waals surface area (Å²) in [5, 5.41) is 25.0. The molecule has 194 valence electrons. The molecule has 0 saturated carbocycles. The number of anilines is 2. The van der Waals surface area contributed by atoms with Gasteiger partial charge in [0.05, 0.1) is 5.60 Å². The summed E-state index contributed by atoms with van der Waals surface area (Å²) in [6.45, 7) is 9.12. The van der Waals surface area contributed by atoms with Gasteiger partial charge in [-0.25, -0.2) is 10.3 Å². The van der Waals surface area contributed by atoms with E-state index in [1.807, 2.05) is 0 Å². The number of amides is 3. The molecule has 2 aliphatic heterocycles. The lowest BCUT2D eigenvalue weighted by atomic mass is 9.98. The number of nitrogens with one attached hydrogen (secondary N) is 3. The predicted molar refractivity (Wildman–Crippen MR) is 139 cm³/mol. The second-order valence-corrected chi connectivity index (χ2v) is 9.82. The number of carbonyl (C=O) groups is 2. The van der Waals surface area contributed by atoms with E-state index in [4.69, 9.17) is 5.21 Å². The number of hydroxylamine groups is 1. The molecule has 2 heterocycles. The molecule has 2 saturated heterocycles. The Balaban J connectivity index is 1.32. The van der Waals surface area contributed by atoms with Crippen molar-refractivity contribution in [2.24, 2.45) is 0 Å². The fourth-order valence-corrected chi connectivity index (χ4v) is 4.66. The lowest BCUT2D eigenvalue weighted by Crippen LogP contribution is -2.61. The Labute approximate surface area is 211 Å². The zero-order valence-corrected chi connectivity index (χ0v) is 20.9. The Kier molecular flexibility index (Phi) is 7.97. The largest absolute Gasteiger partial charge is 0.388 e. The van der Waals surface area contributed by atoms with Gasteiger partial charge in [-0.15, -0.1) is 0 Å². The molecule has 2 aromatic carbocycles. The highest BCUT2D eigenvalue weighted by Crippen LogP contribution is 2.26. The van der Waals surface area contributed by atoms with E-state index in [-0.39, 0.29) is 0 Å². The number of benzene rings is 2. The normalized spacial score (nSPS) is 17.5. The minimum Gasteiger partial charge on any atom is -0.388 e. The maximum atomic E-state index is 12.7. The minimum atomic E-state index is -1.53. The van der Waals surface area contributed by atoms with Crippen LogP contribution < -0.4 is 25.9 Å². The lowest BCUT2D eigenvalue weighted by molar-refractivity contribution is -0.136. The van der Waals surface area contributed by atoms with Crippen LogP contribution >= 0.6 is 0 Å².